The van der Waals surface area contributed by atoms with Gasteiger partial charge in [-0.25, -0.2) is 18.0 Å². The van der Waals surface area contributed by atoms with Crippen LogP contribution in [0.4, 0.5) is 4.79 Å². The standard InChI is InChI=1S/C30H34Cl3NO9S/c1-17(2)23(43-27(38)41-16-29(31,32)33)30(24(35)28(3,4)25(36)34-30)26(37)42-21-11-7-8-12-22(21)44(39,40)20-14-13-18-9-5-6-10-19(18)15-20/h5-6,9-10,13-15,17,21-23H,7-8,11-12,16H2,1-4H3,(H,34,36)/t21-,22-,23-,30+/m0/s1. The number of carbonyl (C=O) groups excluding carboxylic acids is 4. The van der Waals surface area contributed by atoms with Gasteiger partial charge in [-0.3, -0.25) is 9.59 Å². The van der Waals surface area contributed by atoms with Crippen molar-refractivity contribution >= 4 is 79.2 Å². The van der Waals surface area contributed by atoms with Crippen molar-refractivity contribution in [2.75, 3.05) is 6.61 Å². The van der Waals surface area contributed by atoms with E-state index < -0.39 is 78.4 Å². The van der Waals surface area contributed by atoms with Gasteiger partial charge in [0.2, 0.25) is 15.2 Å². The van der Waals surface area contributed by atoms with Crippen molar-refractivity contribution in [2.24, 2.45) is 11.3 Å². The fraction of sp³-hybridized carbons (Fsp3) is 0.533. The molecule has 2 aromatic carbocycles. The van der Waals surface area contributed by atoms with E-state index in [1.165, 1.54) is 19.9 Å². The summed E-state index contributed by atoms with van der Waals surface area (Å²) in [5, 5.41) is 2.92. The summed E-state index contributed by atoms with van der Waals surface area (Å²) in [6, 6.07) is 12.1. The van der Waals surface area contributed by atoms with Gasteiger partial charge in [0.25, 0.3) is 0 Å². The number of ether oxygens (including phenoxy) is 3. The average Bonchev–Trinajstić information content (AvgIpc) is 3.14. The molecule has 4 rings (SSSR count). The summed E-state index contributed by atoms with van der Waals surface area (Å²) in [7, 11) is -4.01. The molecule has 4 atom stereocenters. The highest BCUT2D eigenvalue weighted by Crippen LogP contribution is 2.40. The fourth-order valence-electron chi connectivity index (χ4n) is 5.75. The summed E-state index contributed by atoms with van der Waals surface area (Å²) in [6.07, 6.45) is -2.58. The number of esters is 1. The van der Waals surface area contributed by atoms with Crippen molar-refractivity contribution in [3.63, 3.8) is 0 Å². The zero-order chi connectivity index (χ0) is 32.7. The third-order valence-corrected chi connectivity index (χ3v) is 10.7. The lowest BCUT2D eigenvalue weighted by atomic mass is 9.76. The Hall–Kier alpha value is -2.60. The molecule has 1 heterocycles. The molecule has 0 radical (unpaired) electrons. The van der Waals surface area contributed by atoms with Gasteiger partial charge in [0.1, 0.15) is 29.5 Å². The van der Waals surface area contributed by atoms with Crippen LogP contribution in [0.25, 0.3) is 10.8 Å². The van der Waals surface area contributed by atoms with Gasteiger partial charge in [0.05, 0.1) is 4.90 Å². The Morgan fingerprint density at radius 1 is 1.02 bits per heavy atom. The Balaban J connectivity index is 1.69. The molecule has 1 saturated heterocycles. The molecule has 44 heavy (non-hydrogen) atoms. The third-order valence-electron chi connectivity index (χ3n) is 8.08. The van der Waals surface area contributed by atoms with Gasteiger partial charge in [0, 0.05) is 0 Å². The van der Waals surface area contributed by atoms with E-state index in [-0.39, 0.29) is 17.7 Å². The summed E-state index contributed by atoms with van der Waals surface area (Å²) in [5.41, 5.74) is -4.21. The molecule has 240 valence electrons. The van der Waals surface area contributed by atoms with Gasteiger partial charge < -0.3 is 19.5 Å². The highest BCUT2D eigenvalue weighted by Gasteiger charge is 2.68. The second-order valence-corrected chi connectivity index (χ2v) is 16.7. The van der Waals surface area contributed by atoms with Crippen molar-refractivity contribution in [3.05, 3.63) is 42.5 Å². The van der Waals surface area contributed by atoms with Crippen molar-refractivity contribution in [3.8, 4) is 0 Å². The number of alkyl halides is 3. The van der Waals surface area contributed by atoms with Gasteiger partial charge in [-0.05, 0) is 61.9 Å². The maximum atomic E-state index is 14.2. The predicted molar refractivity (Wildman–Crippen MR) is 164 cm³/mol. The first-order valence-electron chi connectivity index (χ1n) is 14.1. The Morgan fingerprint density at radius 3 is 2.25 bits per heavy atom. The first-order valence-corrected chi connectivity index (χ1v) is 16.8. The highest BCUT2D eigenvalue weighted by molar-refractivity contribution is 7.92. The van der Waals surface area contributed by atoms with Gasteiger partial charge in [0.15, 0.2) is 15.6 Å². The number of benzene rings is 2. The second-order valence-electron chi connectivity index (χ2n) is 12.0. The van der Waals surface area contributed by atoms with Crippen LogP contribution in [-0.2, 0) is 38.4 Å². The zero-order valence-electron chi connectivity index (χ0n) is 24.6. The molecule has 14 heteroatoms. The summed E-state index contributed by atoms with van der Waals surface area (Å²) >= 11 is 17.0. The van der Waals surface area contributed by atoms with Crippen LogP contribution in [0, 0.1) is 11.3 Å². The number of fused-ring (bicyclic) bond motifs is 1. The zero-order valence-corrected chi connectivity index (χ0v) is 27.7. The Bertz CT molecular complexity index is 1570. The molecule has 1 aliphatic heterocycles. The van der Waals surface area contributed by atoms with Crippen LogP contribution in [0.5, 0.6) is 0 Å². The molecule has 0 aromatic heterocycles. The summed E-state index contributed by atoms with van der Waals surface area (Å²) in [4.78, 5) is 53.8. The Kier molecular flexibility index (Phi) is 9.86. The molecule has 1 N–H and O–H groups in total. The van der Waals surface area contributed by atoms with Crippen molar-refractivity contribution in [1.29, 1.82) is 0 Å². The number of hydrogen-bond acceptors (Lipinski definition) is 9. The molecular weight excluding hydrogens is 657 g/mol. The first-order chi connectivity index (χ1) is 20.4. The molecule has 1 amide bonds. The van der Waals surface area contributed by atoms with E-state index in [9.17, 15) is 27.6 Å². The minimum atomic E-state index is -4.01. The van der Waals surface area contributed by atoms with Crippen molar-refractivity contribution in [2.45, 2.75) is 85.1 Å². The van der Waals surface area contributed by atoms with Crippen LogP contribution >= 0.6 is 34.8 Å². The summed E-state index contributed by atoms with van der Waals surface area (Å²) in [6.45, 7) is 5.07. The number of amides is 1. The minimum absolute atomic E-state index is 0.0744. The SMILES string of the molecule is CC(C)[C@H](OC(=O)OCC(Cl)(Cl)Cl)[C@@]1(C(=O)O[C@H]2CCCC[C@@H]2S(=O)(=O)c2ccc3ccccc3c2)NC(=O)C(C)(C)C1=O. The van der Waals surface area contributed by atoms with E-state index in [2.05, 4.69) is 5.32 Å². The average molecular weight is 691 g/mol. The molecule has 1 saturated carbocycles. The molecular formula is C30H34Cl3NO9S. The van der Waals surface area contributed by atoms with Crippen LogP contribution in [0.2, 0.25) is 0 Å². The molecule has 10 nitrogen and oxygen atoms in total. The number of sulfone groups is 1. The lowest BCUT2D eigenvalue weighted by Gasteiger charge is -2.38. The van der Waals surface area contributed by atoms with Crippen molar-refractivity contribution in [1.82, 2.24) is 5.32 Å². The van der Waals surface area contributed by atoms with E-state index in [1.54, 1.807) is 38.1 Å². The summed E-state index contributed by atoms with van der Waals surface area (Å²) < 4.78 is 42.1. The van der Waals surface area contributed by atoms with E-state index in [4.69, 9.17) is 49.0 Å². The largest absolute Gasteiger partial charge is 0.508 e. The fourth-order valence-corrected chi connectivity index (χ4v) is 7.88. The number of ketones is 1. The van der Waals surface area contributed by atoms with E-state index in [0.29, 0.717) is 12.8 Å². The highest BCUT2D eigenvalue weighted by atomic mass is 35.6. The minimum Gasteiger partial charge on any atom is -0.459 e. The van der Waals surface area contributed by atoms with Crippen LogP contribution in [0.3, 0.4) is 0 Å². The molecule has 2 aliphatic rings. The number of nitrogens with one attached hydrogen (secondary N) is 1. The molecule has 0 unspecified atom stereocenters. The molecule has 2 fully saturated rings. The predicted octanol–water partition coefficient (Wildman–Crippen LogP) is 5.48. The lowest BCUT2D eigenvalue weighted by molar-refractivity contribution is -0.169. The van der Waals surface area contributed by atoms with Crippen LogP contribution in [0.15, 0.2) is 47.4 Å². The van der Waals surface area contributed by atoms with Gasteiger partial charge >= 0.3 is 12.1 Å². The molecule has 0 bridgehead atoms. The number of carbonyl (C=O) groups is 4. The number of rotatable bonds is 8. The van der Waals surface area contributed by atoms with Crippen LogP contribution in [-0.4, -0.2) is 65.6 Å². The van der Waals surface area contributed by atoms with E-state index >= 15 is 0 Å². The number of hydrogen-bond donors (Lipinski definition) is 1. The smallest absolute Gasteiger partial charge is 0.459 e. The molecule has 0 spiro atoms. The molecule has 1 aliphatic carbocycles. The number of Topliss-reactive ketones (excluding diaryl/α,β-unsaturated/α-hetero) is 1. The Labute approximate surface area is 270 Å². The van der Waals surface area contributed by atoms with Gasteiger partial charge in [-0.1, -0.05) is 85.4 Å². The van der Waals surface area contributed by atoms with Gasteiger partial charge in [-0.2, -0.15) is 0 Å². The van der Waals surface area contributed by atoms with Gasteiger partial charge in [-0.15, -0.1) is 0 Å². The van der Waals surface area contributed by atoms with Crippen molar-refractivity contribution < 1.29 is 41.8 Å². The topological polar surface area (TPSA) is 142 Å². The van der Waals surface area contributed by atoms with E-state index in [1.807, 2.05) is 12.1 Å². The molecule has 2 aromatic rings. The van der Waals surface area contributed by atoms with E-state index in [0.717, 1.165) is 10.8 Å². The van der Waals surface area contributed by atoms with Crippen LogP contribution in [0.1, 0.15) is 53.4 Å². The normalized spacial score (nSPS) is 24.5. The second kappa shape index (κ2) is 12.7. The maximum absolute atomic E-state index is 14.2. The lowest BCUT2D eigenvalue weighted by Crippen LogP contribution is -2.66. The maximum Gasteiger partial charge on any atom is 0.508 e. The quantitative estimate of drug-likeness (QED) is 0.217. The first kappa shape index (κ1) is 34.3. The monoisotopic (exact) mass is 689 g/mol. The number of halogens is 3. The summed E-state index contributed by atoms with van der Waals surface area (Å²) in [5.74, 6) is -3.69. The van der Waals surface area contributed by atoms with Crippen LogP contribution < -0.4 is 5.32 Å². The third kappa shape index (κ3) is 6.66. The Morgan fingerprint density at radius 2 is 1.66 bits per heavy atom.